The summed E-state index contributed by atoms with van der Waals surface area (Å²) in [5.41, 5.74) is -0.974. The largest absolute Gasteiger partial charge is 0.416 e. The Labute approximate surface area is 289 Å². The van der Waals surface area contributed by atoms with Gasteiger partial charge in [0.25, 0.3) is 0 Å². The van der Waals surface area contributed by atoms with Crippen molar-refractivity contribution in [3.05, 3.63) is 79.8 Å². The summed E-state index contributed by atoms with van der Waals surface area (Å²) >= 11 is 9.38. The Balaban J connectivity index is 2.11. The summed E-state index contributed by atoms with van der Waals surface area (Å²) in [4.78, 5) is 41.6. The molecule has 0 fully saturated rings. The number of amides is 2. The summed E-state index contributed by atoms with van der Waals surface area (Å²) in [6.45, 7) is 3.24. The van der Waals surface area contributed by atoms with Gasteiger partial charge in [-0.15, -0.1) is 0 Å². The monoisotopic (exact) mass is 799 g/mol. The van der Waals surface area contributed by atoms with Crippen molar-refractivity contribution in [1.29, 1.82) is 0 Å². The minimum atomic E-state index is -5.16. The molecule has 1 heterocycles. The Morgan fingerprint density at radius 1 is 1.02 bits per heavy atom. The van der Waals surface area contributed by atoms with Crippen LogP contribution in [0.25, 0.3) is 11.1 Å². The van der Waals surface area contributed by atoms with Crippen LogP contribution in [-0.2, 0) is 15.7 Å². The quantitative estimate of drug-likeness (QED) is 0.0963. The zero-order valence-corrected chi connectivity index (χ0v) is 29.2. The molecule has 1 aliphatic rings. The van der Waals surface area contributed by atoms with Crippen LogP contribution in [0.1, 0.15) is 31.8 Å². The molecular formula is C31H27BrClF8N3O4Si. The molecule has 0 radical (unpaired) electrons. The molecule has 18 heteroatoms. The Morgan fingerprint density at radius 3 is 2.24 bits per heavy atom. The van der Waals surface area contributed by atoms with Crippen molar-refractivity contribution in [2.45, 2.75) is 38.0 Å². The first-order chi connectivity index (χ1) is 22.5. The molecule has 7 nitrogen and oxygen atoms in total. The van der Waals surface area contributed by atoms with Crippen molar-refractivity contribution in [3.63, 3.8) is 0 Å². The van der Waals surface area contributed by atoms with E-state index in [0.29, 0.717) is 17.0 Å². The van der Waals surface area contributed by atoms with Crippen molar-refractivity contribution in [1.82, 2.24) is 0 Å². The molecule has 0 saturated heterocycles. The highest BCUT2D eigenvalue weighted by atomic mass is 79.9. The van der Waals surface area contributed by atoms with Gasteiger partial charge in [-0.1, -0.05) is 31.2 Å². The number of hydrogen-bond acceptors (Lipinski definition) is 5. The minimum absolute atomic E-state index is 0.0221. The van der Waals surface area contributed by atoms with E-state index in [1.165, 1.54) is 0 Å². The molecule has 3 aromatic rings. The van der Waals surface area contributed by atoms with E-state index in [1.54, 1.807) is 0 Å². The number of alkyl halides is 6. The van der Waals surface area contributed by atoms with Crippen LogP contribution in [0.3, 0.4) is 0 Å². The maximum Gasteiger partial charge on any atom is 0.416 e. The molecule has 0 unspecified atom stereocenters. The zero-order chi connectivity index (χ0) is 36.8. The first kappa shape index (κ1) is 38.3. The average Bonchev–Trinajstić information content (AvgIpc) is 2.95. The summed E-state index contributed by atoms with van der Waals surface area (Å²) in [6.07, 6.45) is -10.1. The van der Waals surface area contributed by atoms with Crippen LogP contribution in [0, 0.1) is 11.6 Å². The van der Waals surface area contributed by atoms with Gasteiger partial charge in [0, 0.05) is 31.4 Å². The number of halogens is 10. The molecule has 2 N–H and O–H groups in total. The van der Waals surface area contributed by atoms with E-state index in [9.17, 15) is 45.1 Å². The molecular weight excluding hydrogens is 774 g/mol. The summed E-state index contributed by atoms with van der Waals surface area (Å²) < 4.78 is 118. The lowest BCUT2D eigenvalue weighted by Gasteiger charge is -2.39. The van der Waals surface area contributed by atoms with Gasteiger partial charge in [-0.05, 0) is 63.9 Å². The molecule has 1 aliphatic heterocycles. The number of nitrogens with zero attached hydrogens (tertiary/aromatic N) is 2. The van der Waals surface area contributed by atoms with Crippen molar-refractivity contribution in [3.8, 4) is 11.1 Å². The van der Waals surface area contributed by atoms with Crippen LogP contribution in [0.2, 0.25) is 30.7 Å². The maximum atomic E-state index is 15.9. The number of carbonyl (C=O) groups is 3. The number of benzene rings is 3. The molecule has 49 heavy (non-hydrogen) atoms. The summed E-state index contributed by atoms with van der Waals surface area (Å²) in [5.74, 6) is -6.32. The highest BCUT2D eigenvalue weighted by Crippen LogP contribution is 2.49. The van der Waals surface area contributed by atoms with Crippen LogP contribution in [-0.4, -0.2) is 58.3 Å². The third kappa shape index (κ3) is 8.61. The number of primary amides is 1. The number of fused-ring (bicyclic) bond motifs is 1. The zero-order valence-electron chi connectivity index (χ0n) is 25.9. The Morgan fingerprint density at radius 2 is 1.67 bits per heavy atom. The molecule has 264 valence electrons. The van der Waals surface area contributed by atoms with Gasteiger partial charge in [0.2, 0.25) is 11.8 Å². The van der Waals surface area contributed by atoms with Crippen molar-refractivity contribution < 1.29 is 54.2 Å². The molecule has 2 amide bonds. The second kappa shape index (κ2) is 14.0. The minimum Gasteiger partial charge on any atom is -0.366 e. The molecule has 3 aromatic carbocycles. The lowest BCUT2D eigenvalue weighted by molar-refractivity contribution is -0.137. The van der Waals surface area contributed by atoms with E-state index in [4.69, 9.17) is 22.1 Å². The van der Waals surface area contributed by atoms with Crippen molar-refractivity contribution in [2.75, 3.05) is 36.2 Å². The Kier molecular flexibility index (Phi) is 10.9. The molecule has 0 spiro atoms. The third-order valence-corrected chi connectivity index (χ3v) is 10.2. The van der Waals surface area contributed by atoms with E-state index in [0.717, 1.165) is 23.1 Å². The van der Waals surface area contributed by atoms with Gasteiger partial charge in [0.1, 0.15) is 24.9 Å². The van der Waals surface area contributed by atoms with Gasteiger partial charge in [0.05, 0.1) is 38.5 Å². The van der Waals surface area contributed by atoms with Crippen LogP contribution < -0.4 is 15.5 Å². The summed E-state index contributed by atoms with van der Waals surface area (Å²) in [6, 6.07) is 4.35. The number of rotatable bonds is 10. The lowest BCUT2D eigenvalue weighted by atomic mass is 9.88. The predicted octanol–water partition coefficient (Wildman–Crippen LogP) is 8.42. The fourth-order valence-electron chi connectivity index (χ4n) is 5.07. The van der Waals surface area contributed by atoms with E-state index in [1.807, 2.05) is 0 Å². The lowest BCUT2D eigenvalue weighted by Crippen LogP contribution is -2.49. The predicted molar refractivity (Wildman–Crippen MR) is 173 cm³/mol. The number of ketones is 1. The highest BCUT2D eigenvalue weighted by Gasteiger charge is 2.41. The molecule has 0 aromatic heterocycles. The number of anilines is 2. The van der Waals surface area contributed by atoms with E-state index in [2.05, 4.69) is 35.6 Å². The van der Waals surface area contributed by atoms with E-state index in [-0.39, 0.29) is 29.4 Å². The first-order valence-corrected chi connectivity index (χ1v) is 19.1. The average molecular weight is 801 g/mol. The molecule has 0 aliphatic carbocycles. The van der Waals surface area contributed by atoms with Crippen LogP contribution in [0.5, 0.6) is 0 Å². The summed E-state index contributed by atoms with van der Waals surface area (Å²) in [5, 5.41) is -0.328. The number of hydrogen-bond donors (Lipinski definition) is 1. The van der Waals surface area contributed by atoms with Crippen molar-refractivity contribution in [2.24, 2.45) is 5.73 Å². The van der Waals surface area contributed by atoms with Gasteiger partial charge >= 0.3 is 12.4 Å². The SMILES string of the molecule is C[Si](C)(C)CCOCN1C(=O)CN(CC(F)(F)F)c2cc(-c3c(F)cc(C(F)(F)F)cc3C(N)=O)c(C(=O)c3cc(F)ccc3Cl)c(Br)c21. The summed E-state index contributed by atoms with van der Waals surface area (Å²) in [7, 11) is -1.64. The highest BCUT2D eigenvalue weighted by molar-refractivity contribution is 9.10. The van der Waals surface area contributed by atoms with Gasteiger partial charge < -0.3 is 15.4 Å². The van der Waals surface area contributed by atoms with Crippen LogP contribution in [0.4, 0.5) is 46.5 Å². The fraction of sp³-hybridized carbons (Fsp3) is 0.323. The molecule has 0 saturated carbocycles. The second-order valence-electron chi connectivity index (χ2n) is 12.3. The Bertz CT molecular complexity index is 1830. The normalized spacial score (nSPS) is 13.9. The van der Waals surface area contributed by atoms with Gasteiger partial charge in [-0.2, -0.15) is 26.3 Å². The van der Waals surface area contributed by atoms with Gasteiger partial charge in [0.15, 0.2) is 5.78 Å². The van der Waals surface area contributed by atoms with E-state index >= 15 is 4.39 Å². The molecule has 0 bridgehead atoms. The van der Waals surface area contributed by atoms with Crippen LogP contribution in [0.15, 0.2) is 40.9 Å². The van der Waals surface area contributed by atoms with E-state index < -0.39 is 113 Å². The fourth-order valence-corrected chi connectivity index (χ4v) is 6.85. The number of nitrogens with two attached hydrogens (primary N) is 1. The van der Waals surface area contributed by atoms with Crippen LogP contribution >= 0.6 is 27.5 Å². The molecule has 0 atom stereocenters. The maximum absolute atomic E-state index is 15.9. The second-order valence-corrected chi connectivity index (χ2v) is 19.1. The topological polar surface area (TPSA) is 92.9 Å². The Hall–Kier alpha value is -3.54. The third-order valence-electron chi connectivity index (χ3n) is 7.40. The number of carbonyl (C=O) groups excluding carboxylic acids is 3. The smallest absolute Gasteiger partial charge is 0.366 e. The van der Waals surface area contributed by atoms with Gasteiger partial charge in [-0.3, -0.25) is 19.3 Å². The van der Waals surface area contributed by atoms with Crippen molar-refractivity contribution >= 4 is 64.6 Å². The molecule has 4 rings (SSSR count). The standard InChI is InChI=1S/C31H27BrClF8N3O4Si/c1-49(2,3)7-6-48-14-44-23(45)12-43(13-30(36,37)38)22-11-18(24-19(29(42)47)8-15(9-21(24)35)31(39,40)41)25(26(32)27(22)44)28(46)17-10-16(34)4-5-20(17)33/h4-5,8-11H,6-7,12-14H2,1-3H3,(H2,42,47). The number of ether oxygens (including phenoxy) is 1. The van der Waals surface area contributed by atoms with Gasteiger partial charge in [-0.25, -0.2) is 8.78 Å². The first-order valence-electron chi connectivity index (χ1n) is 14.3.